The largest absolute Gasteiger partial charge is 0.490 e. The molecular formula is C23H26F3N3O2. The van der Waals surface area contributed by atoms with Gasteiger partial charge >= 0.3 is 6.18 Å². The number of ether oxygens (including phenoxy) is 1. The Morgan fingerprint density at radius 2 is 1.58 bits per heavy atom. The molecule has 1 aromatic carbocycles. The summed E-state index contributed by atoms with van der Waals surface area (Å²) in [4.78, 5) is 20.7. The first-order chi connectivity index (χ1) is 14.9. The molecule has 0 saturated carbocycles. The quantitative estimate of drug-likeness (QED) is 0.723. The second-order valence-electron chi connectivity index (χ2n) is 8.10. The number of carbonyl (C=O) groups is 1. The van der Waals surface area contributed by atoms with Gasteiger partial charge in [0.15, 0.2) is 0 Å². The molecule has 1 amide bonds. The predicted octanol–water partition coefficient (Wildman–Crippen LogP) is 4.25. The number of amides is 1. The molecule has 5 nitrogen and oxygen atoms in total. The zero-order valence-corrected chi connectivity index (χ0v) is 17.2. The van der Waals surface area contributed by atoms with Crippen LogP contribution in [0.2, 0.25) is 0 Å². The first kappa shape index (κ1) is 21.6. The fourth-order valence-electron chi connectivity index (χ4n) is 4.49. The number of alkyl halides is 3. The monoisotopic (exact) mass is 433 g/mol. The van der Waals surface area contributed by atoms with E-state index in [-0.39, 0.29) is 11.7 Å². The average Bonchev–Trinajstić information content (AvgIpc) is 2.79. The Kier molecular flexibility index (Phi) is 6.46. The highest BCUT2D eigenvalue weighted by molar-refractivity contribution is 5.96. The lowest BCUT2D eigenvalue weighted by Gasteiger charge is -2.41. The molecule has 2 saturated heterocycles. The molecule has 2 aliphatic heterocycles. The second-order valence-corrected chi connectivity index (χ2v) is 8.10. The van der Waals surface area contributed by atoms with Crippen molar-refractivity contribution in [1.29, 1.82) is 0 Å². The molecule has 4 rings (SSSR count). The van der Waals surface area contributed by atoms with Crippen LogP contribution in [0.1, 0.15) is 41.6 Å². The summed E-state index contributed by atoms with van der Waals surface area (Å²) in [6, 6.07) is 9.10. The van der Waals surface area contributed by atoms with Crippen molar-refractivity contribution in [2.75, 3.05) is 26.2 Å². The van der Waals surface area contributed by atoms with Crippen LogP contribution < -0.4 is 4.74 Å². The molecular weight excluding hydrogens is 407 g/mol. The molecule has 31 heavy (non-hydrogen) atoms. The standard InChI is InChI=1S/C23H26F3N3O2/c24-23(25,26)21-4-2-1-3-20(21)22(30)29-13-7-17(8-14-29)28-15-9-19(10-16-28)31-18-5-11-27-12-6-18/h1-6,11-12,17,19H,7-10,13-16H2. The van der Waals surface area contributed by atoms with Gasteiger partial charge in [-0.3, -0.25) is 14.7 Å². The van der Waals surface area contributed by atoms with Gasteiger partial charge in [-0.25, -0.2) is 0 Å². The molecule has 166 valence electrons. The van der Waals surface area contributed by atoms with E-state index < -0.39 is 17.6 Å². The van der Waals surface area contributed by atoms with Crippen molar-refractivity contribution in [3.05, 3.63) is 59.9 Å². The van der Waals surface area contributed by atoms with Crippen LogP contribution in [0.5, 0.6) is 5.75 Å². The first-order valence-corrected chi connectivity index (χ1v) is 10.7. The molecule has 1 aromatic heterocycles. The minimum Gasteiger partial charge on any atom is -0.490 e. The van der Waals surface area contributed by atoms with Crippen LogP contribution in [-0.4, -0.2) is 59.0 Å². The summed E-state index contributed by atoms with van der Waals surface area (Å²) >= 11 is 0. The van der Waals surface area contributed by atoms with Crippen molar-refractivity contribution in [2.24, 2.45) is 0 Å². The van der Waals surface area contributed by atoms with Gasteiger partial charge in [0.25, 0.3) is 5.91 Å². The number of benzene rings is 1. The van der Waals surface area contributed by atoms with Gasteiger partial charge in [-0.2, -0.15) is 13.2 Å². The molecule has 3 heterocycles. The number of piperidine rings is 2. The normalized spacial score (nSPS) is 19.4. The van der Waals surface area contributed by atoms with Crippen LogP contribution >= 0.6 is 0 Å². The van der Waals surface area contributed by atoms with E-state index in [1.54, 1.807) is 17.3 Å². The van der Waals surface area contributed by atoms with Crippen LogP contribution in [0.15, 0.2) is 48.8 Å². The third-order valence-electron chi connectivity index (χ3n) is 6.16. The Hall–Kier alpha value is -2.61. The van der Waals surface area contributed by atoms with Crippen LogP contribution in [0.3, 0.4) is 0 Å². The van der Waals surface area contributed by atoms with E-state index in [1.807, 2.05) is 12.1 Å². The lowest BCUT2D eigenvalue weighted by Crippen LogP contribution is -2.50. The maximum Gasteiger partial charge on any atom is 0.417 e. The smallest absolute Gasteiger partial charge is 0.417 e. The van der Waals surface area contributed by atoms with E-state index in [2.05, 4.69) is 9.88 Å². The zero-order chi connectivity index (χ0) is 21.8. The van der Waals surface area contributed by atoms with Gasteiger partial charge in [-0.05, 0) is 49.9 Å². The van der Waals surface area contributed by atoms with E-state index in [9.17, 15) is 18.0 Å². The lowest BCUT2D eigenvalue weighted by molar-refractivity contribution is -0.138. The van der Waals surface area contributed by atoms with Crippen LogP contribution in [0.4, 0.5) is 13.2 Å². The molecule has 0 spiro atoms. The summed E-state index contributed by atoms with van der Waals surface area (Å²) in [5, 5.41) is 0. The summed E-state index contributed by atoms with van der Waals surface area (Å²) < 4.78 is 45.8. The summed E-state index contributed by atoms with van der Waals surface area (Å²) in [5.41, 5.74) is -1.12. The molecule has 0 aliphatic carbocycles. The number of halogens is 3. The molecule has 0 bridgehead atoms. The Labute approximate surface area is 179 Å². The Morgan fingerprint density at radius 3 is 2.23 bits per heavy atom. The van der Waals surface area contributed by atoms with Crippen LogP contribution in [0, 0.1) is 0 Å². The van der Waals surface area contributed by atoms with Crippen molar-refractivity contribution in [2.45, 2.75) is 44.0 Å². The molecule has 0 radical (unpaired) electrons. The van der Waals surface area contributed by atoms with Gasteiger partial charge in [0.1, 0.15) is 11.9 Å². The number of nitrogens with zero attached hydrogens (tertiary/aromatic N) is 3. The summed E-state index contributed by atoms with van der Waals surface area (Å²) in [6.07, 6.45) is 2.48. The number of rotatable bonds is 4. The maximum absolute atomic E-state index is 13.3. The number of hydrogen-bond acceptors (Lipinski definition) is 4. The zero-order valence-electron chi connectivity index (χ0n) is 17.2. The lowest BCUT2D eigenvalue weighted by atomic mass is 9.97. The van der Waals surface area contributed by atoms with Gasteiger partial charge in [0.05, 0.1) is 11.1 Å². The first-order valence-electron chi connectivity index (χ1n) is 10.7. The molecule has 0 atom stereocenters. The van der Waals surface area contributed by atoms with Gasteiger partial charge in [0.2, 0.25) is 0 Å². The molecule has 0 N–H and O–H groups in total. The molecule has 2 aliphatic rings. The highest BCUT2D eigenvalue weighted by atomic mass is 19.4. The molecule has 2 aromatic rings. The Balaban J connectivity index is 1.28. The fourth-order valence-corrected chi connectivity index (χ4v) is 4.49. The number of hydrogen-bond donors (Lipinski definition) is 0. The van der Waals surface area contributed by atoms with Gasteiger partial charge in [-0.1, -0.05) is 12.1 Å². The Bertz CT molecular complexity index is 875. The molecule has 0 unspecified atom stereocenters. The van der Waals surface area contributed by atoms with E-state index in [4.69, 9.17) is 4.74 Å². The van der Waals surface area contributed by atoms with Crippen molar-refractivity contribution < 1.29 is 22.7 Å². The third kappa shape index (κ3) is 5.18. The van der Waals surface area contributed by atoms with E-state index in [1.165, 1.54) is 18.2 Å². The van der Waals surface area contributed by atoms with Crippen LogP contribution in [-0.2, 0) is 6.18 Å². The SMILES string of the molecule is O=C(c1ccccc1C(F)(F)F)N1CCC(N2CCC(Oc3ccncc3)CC2)CC1. The summed E-state index contributed by atoms with van der Waals surface area (Å²) in [5.74, 6) is 0.301. The number of likely N-dealkylation sites (tertiary alicyclic amines) is 2. The second kappa shape index (κ2) is 9.26. The van der Waals surface area contributed by atoms with Crippen molar-refractivity contribution in [1.82, 2.24) is 14.8 Å². The van der Waals surface area contributed by atoms with Crippen molar-refractivity contribution in [3.8, 4) is 5.75 Å². The summed E-state index contributed by atoms with van der Waals surface area (Å²) in [6.45, 7) is 2.79. The van der Waals surface area contributed by atoms with Gasteiger partial charge in [-0.15, -0.1) is 0 Å². The topological polar surface area (TPSA) is 45.7 Å². The minimum absolute atomic E-state index is 0.180. The summed E-state index contributed by atoms with van der Waals surface area (Å²) in [7, 11) is 0. The van der Waals surface area contributed by atoms with E-state index >= 15 is 0 Å². The number of carbonyl (C=O) groups excluding carboxylic acids is 1. The van der Waals surface area contributed by atoms with Gasteiger partial charge in [0, 0.05) is 44.6 Å². The van der Waals surface area contributed by atoms with E-state index in [0.717, 1.165) is 50.6 Å². The fraction of sp³-hybridized carbons (Fsp3) is 0.478. The van der Waals surface area contributed by atoms with Crippen molar-refractivity contribution >= 4 is 5.91 Å². The average molecular weight is 433 g/mol. The molecule has 8 heteroatoms. The Morgan fingerprint density at radius 1 is 0.935 bits per heavy atom. The molecule has 2 fully saturated rings. The van der Waals surface area contributed by atoms with Gasteiger partial charge < -0.3 is 9.64 Å². The number of pyridine rings is 1. The van der Waals surface area contributed by atoms with E-state index in [0.29, 0.717) is 19.1 Å². The maximum atomic E-state index is 13.3. The highest BCUT2D eigenvalue weighted by Gasteiger charge is 2.37. The highest BCUT2D eigenvalue weighted by Crippen LogP contribution is 2.33. The van der Waals surface area contributed by atoms with Crippen molar-refractivity contribution in [3.63, 3.8) is 0 Å². The minimum atomic E-state index is -4.53. The predicted molar refractivity (Wildman–Crippen MR) is 110 cm³/mol. The third-order valence-corrected chi connectivity index (χ3v) is 6.16. The number of aromatic nitrogens is 1. The van der Waals surface area contributed by atoms with Crippen LogP contribution in [0.25, 0.3) is 0 Å².